The maximum Gasteiger partial charge on any atom is 0.293 e. The molecule has 5 nitrogen and oxygen atoms in total. The van der Waals surface area contributed by atoms with Crippen LogP contribution in [0.3, 0.4) is 0 Å². The average molecular weight is 460 g/mol. The molecule has 0 spiro atoms. The van der Waals surface area contributed by atoms with Gasteiger partial charge in [0.2, 0.25) is 0 Å². The van der Waals surface area contributed by atoms with Gasteiger partial charge in [-0.05, 0) is 61.5 Å². The number of ketones is 1. The van der Waals surface area contributed by atoms with Crippen molar-refractivity contribution in [2.45, 2.75) is 20.0 Å². The van der Waals surface area contributed by atoms with E-state index in [1.807, 2.05) is 38.1 Å². The summed E-state index contributed by atoms with van der Waals surface area (Å²) in [5, 5.41) is -0.443. The van der Waals surface area contributed by atoms with Gasteiger partial charge in [-0.15, -0.1) is 0 Å². The van der Waals surface area contributed by atoms with Crippen LogP contribution in [-0.2, 0) is 4.79 Å². The van der Waals surface area contributed by atoms with E-state index in [4.69, 9.17) is 4.74 Å². The number of halogens is 1. The standard InChI is InChI=1S/C21H18BrNO4S/c1-13(2)27-17-9-3-14(4-10-17)11-19-20(25)23(21(26)28-19)12-18(24)15-5-7-16(22)8-6-15/h3-11,13H,12H2,1-2H3/b19-11-. The Morgan fingerprint density at radius 1 is 1.11 bits per heavy atom. The molecule has 1 aliphatic heterocycles. The van der Waals surface area contributed by atoms with E-state index in [2.05, 4.69) is 15.9 Å². The monoisotopic (exact) mass is 459 g/mol. The number of amides is 2. The molecule has 0 aromatic heterocycles. The molecular weight excluding hydrogens is 442 g/mol. The fourth-order valence-corrected chi connectivity index (χ4v) is 3.68. The molecule has 28 heavy (non-hydrogen) atoms. The first-order valence-electron chi connectivity index (χ1n) is 8.64. The second-order valence-corrected chi connectivity index (χ2v) is 8.34. The third-order valence-electron chi connectivity index (χ3n) is 3.89. The number of hydrogen-bond acceptors (Lipinski definition) is 5. The van der Waals surface area contributed by atoms with Gasteiger partial charge in [0.15, 0.2) is 5.78 Å². The Balaban J connectivity index is 1.71. The van der Waals surface area contributed by atoms with E-state index >= 15 is 0 Å². The lowest BCUT2D eigenvalue weighted by Crippen LogP contribution is -2.33. The first-order chi connectivity index (χ1) is 13.3. The topological polar surface area (TPSA) is 63.7 Å². The van der Waals surface area contributed by atoms with E-state index in [1.54, 1.807) is 30.3 Å². The van der Waals surface area contributed by atoms with Gasteiger partial charge in [0.1, 0.15) is 5.75 Å². The van der Waals surface area contributed by atoms with Crippen LogP contribution in [0.15, 0.2) is 57.9 Å². The highest BCUT2D eigenvalue weighted by Crippen LogP contribution is 2.32. The molecule has 0 radical (unpaired) electrons. The zero-order valence-corrected chi connectivity index (χ0v) is 17.7. The summed E-state index contributed by atoms with van der Waals surface area (Å²) in [6.45, 7) is 3.61. The lowest BCUT2D eigenvalue weighted by molar-refractivity contribution is -0.122. The first kappa shape index (κ1) is 20.4. The number of nitrogens with zero attached hydrogens (tertiary/aromatic N) is 1. The summed E-state index contributed by atoms with van der Waals surface area (Å²) in [5.41, 5.74) is 1.23. The van der Waals surface area contributed by atoms with Gasteiger partial charge in [-0.1, -0.05) is 40.2 Å². The van der Waals surface area contributed by atoms with Crippen molar-refractivity contribution in [3.05, 3.63) is 69.0 Å². The second kappa shape index (κ2) is 8.75. The van der Waals surface area contributed by atoms with Gasteiger partial charge < -0.3 is 4.74 Å². The summed E-state index contributed by atoms with van der Waals surface area (Å²) in [6.07, 6.45) is 1.72. The molecular formula is C21H18BrNO4S. The first-order valence-corrected chi connectivity index (χ1v) is 10.3. The number of Topliss-reactive ketones (excluding diaryl/α,β-unsaturated/α-hetero) is 1. The van der Waals surface area contributed by atoms with Crippen molar-refractivity contribution in [3.8, 4) is 5.75 Å². The van der Waals surface area contributed by atoms with Gasteiger partial charge in [-0.2, -0.15) is 0 Å². The number of ether oxygens (including phenoxy) is 1. The fraction of sp³-hybridized carbons (Fsp3) is 0.190. The summed E-state index contributed by atoms with van der Waals surface area (Å²) in [5.74, 6) is -0.00504. The van der Waals surface area contributed by atoms with Crippen LogP contribution >= 0.6 is 27.7 Å². The fourth-order valence-electron chi connectivity index (χ4n) is 2.57. The predicted octanol–water partition coefficient (Wildman–Crippen LogP) is 5.16. The summed E-state index contributed by atoms with van der Waals surface area (Å²) >= 11 is 4.15. The number of rotatable bonds is 6. The molecule has 2 amide bonds. The maximum atomic E-state index is 12.6. The minimum Gasteiger partial charge on any atom is -0.491 e. The molecule has 1 saturated heterocycles. The Kier molecular flexibility index (Phi) is 6.36. The highest BCUT2D eigenvalue weighted by atomic mass is 79.9. The molecule has 0 bridgehead atoms. The SMILES string of the molecule is CC(C)Oc1ccc(/C=C2\SC(=O)N(CC(=O)c3ccc(Br)cc3)C2=O)cc1. The Morgan fingerprint density at radius 3 is 2.36 bits per heavy atom. The predicted molar refractivity (Wildman–Crippen MR) is 113 cm³/mol. The molecule has 2 aromatic carbocycles. The number of benzene rings is 2. The van der Waals surface area contributed by atoms with Gasteiger partial charge in [0.25, 0.3) is 11.1 Å². The molecule has 0 aliphatic carbocycles. The van der Waals surface area contributed by atoms with E-state index < -0.39 is 11.1 Å². The van der Waals surface area contributed by atoms with Crippen molar-refractivity contribution in [2.75, 3.05) is 6.54 Å². The molecule has 144 valence electrons. The van der Waals surface area contributed by atoms with Crippen molar-refractivity contribution in [3.63, 3.8) is 0 Å². The molecule has 1 aliphatic rings. The quantitative estimate of drug-likeness (QED) is 0.441. The van der Waals surface area contributed by atoms with E-state index in [1.165, 1.54) is 0 Å². The number of carbonyl (C=O) groups excluding carboxylic acids is 3. The number of carbonyl (C=O) groups is 3. The summed E-state index contributed by atoms with van der Waals surface area (Å²) in [4.78, 5) is 38.5. The van der Waals surface area contributed by atoms with Crippen LogP contribution < -0.4 is 4.74 Å². The Labute approximate surface area is 175 Å². The van der Waals surface area contributed by atoms with Crippen molar-refractivity contribution >= 4 is 50.7 Å². The zero-order chi connectivity index (χ0) is 20.3. The Hall–Kier alpha value is -2.38. The third kappa shape index (κ3) is 4.91. The van der Waals surface area contributed by atoms with E-state index in [9.17, 15) is 14.4 Å². The minimum absolute atomic E-state index is 0.0746. The molecule has 0 atom stereocenters. The van der Waals surface area contributed by atoms with Crippen LogP contribution in [0.2, 0.25) is 0 Å². The van der Waals surface area contributed by atoms with Crippen LogP contribution in [0.4, 0.5) is 4.79 Å². The van der Waals surface area contributed by atoms with Crippen molar-refractivity contribution in [1.82, 2.24) is 4.90 Å². The highest BCUT2D eigenvalue weighted by molar-refractivity contribution is 9.10. The van der Waals surface area contributed by atoms with Crippen LogP contribution in [0.25, 0.3) is 6.08 Å². The molecule has 0 N–H and O–H groups in total. The van der Waals surface area contributed by atoms with Crippen molar-refractivity contribution in [1.29, 1.82) is 0 Å². The van der Waals surface area contributed by atoms with E-state index in [0.717, 1.165) is 32.4 Å². The average Bonchev–Trinajstić information content (AvgIpc) is 2.91. The molecule has 1 fully saturated rings. The lowest BCUT2D eigenvalue weighted by atomic mass is 10.1. The van der Waals surface area contributed by atoms with Crippen LogP contribution in [0.5, 0.6) is 5.75 Å². The van der Waals surface area contributed by atoms with Gasteiger partial charge >= 0.3 is 0 Å². The zero-order valence-electron chi connectivity index (χ0n) is 15.3. The van der Waals surface area contributed by atoms with Crippen LogP contribution in [-0.4, -0.2) is 34.5 Å². The maximum absolute atomic E-state index is 12.6. The van der Waals surface area contributed by atoms with Gasteiger partial charge in [-0.3, -0.25) is 19.3 Å². The van der Waals surface area contributed by atoms with Gasteiger partial charge in [-0.25, -0.2) is 0 Å². The summed E-state index contributed by atoms with van der Waals surface area (Å²) < 4.78 is 6.44. The molecule has 2 aromatic rings. The summed E-state index contributed by atoms with van der Waals surface area (Å²) in [6, 6.07) is 14.1. The van der Waals surface area contributed by atoms with Crippen molar-refractivity contribution in [2.24, 2.45) is 0 Å². The number of hydrogen-bond donors (Lipinski definition) is 0. The van der Waals surface area contributed by atoms with Crippen LogP contribution in [0.1, 0.15) is 29.8 Å². The molecule has 0 saturated carbocycles. The lowest BCUT2D eigenvalue weighted by Gasteiger charge is -2.11. The largest absolute Gasteiger partial charge is 0.491 e. The normalized spacial score (nSPS) is 15.6. The molecule has 0 unspecified atom stereocenters. The van der Waals surface area contributed by atoms with Crippen LogP contribution in [0, 0.1) is 0 Å². The van der Waals surface area contributed by atoms with Gasteiger partial charge in [0, 0.05) is 10.0 Å². The Morgan fingerprint density at radius 2 is 1.75 bits per heavy atom. The smallest absolute Gasteiger partial charge is 0.293 e. The minimum atomic E-state index is -0.456. The second-order valence-electron chi connectivity index (χ2n) is 6.43. The number of thioether (sulfide) groups is 1. The van der Waals surface area contributed by atoms with Gasteiger partial charge in [0.05, 0.1) is 17.6 Å². The highest BCUT2D eigenvalue weighted by Gasteiger charge is 2.36. The van der Waals surface area contributed by atoms with E-state index in [-0.39, 0.29) is 18.4 Å². The molecule has 3 rings (SSSR count). The summed E-state index contributed by atoms with van der Waals surface area (Å²) in [7, 11) is 0. The van der Waals surface area contributed by atoms with Crippen molar-refractivity contribution < 1.29 is 19.1 Å². The molecule has 1 heterocycles. The van der Waals surface area contributed by atoms with E-state index in [0.29, 0.717) is 10.5 Å². The number of imide groups is 1. The Bertz CT molecular complexity index is 936. The molecule has 7 heteroatoms. The third-order valence-corrected chi connectivity index (χ3v) is 5.33.